The third-order valence-corrected chi connectivity index (χ3v) is 3.22. The first-order valence-electron chi connectivity index (χ1n) is 7.76. The first-order valence-corrected chi connectivity index (χ1v) is 7.76. The number of esters is 1. The van der Waals surface area contributed by atoms with Crippen molar-refractivity contribution in [1.29, 1.82) is 0 Å². The first kappa shape index (κ1) is 18.2. The Kier molecular flexibility index (Phi) is 5.89. The van der Waals surface area contributed by atoms with Gasteiger partial charge in [0.1, 0.15) is 0 Å². The van der Waals surface area contributed by atoms with Gasteiger partial charge in [-0.1, -0.05) is 0 Å². The van der Waals surface area contributed by atoms with Crippen LogP contribution >= 0.6 is 0 Å². The Morgan fingerprint density at radius 2 is 1.84 bits per heavy atom. The van der Waals surface area contributed by atoms with E-state index in [1.807, 2.05) is 0 Å². The van der Waals surface area contributed by atoms with Crippen LogP contribution in [-0.2, 0) is 16.1 Å². The normalized spacial score (nSPS) is 10.5. The molecule has 132 valence electrons. The van der Waals surface area contributed by atoms with Gasteiger partial charge in [-0.15, -0.1) is 0 Å². The average molecular weight is 345 g/mol. The van der Waals surface area contributed by atoms with Gasteiger partial charge in [-0.2, -0.15) is 0 Å². The summed E-state index contributed by atoms with van der Waals surface area (Å²) in [5.41, 5.74) is -0.124. The van der Waals surface area contributed by atoms with Crippen LogP contribution in [0.1, 0.15) is 30.6 Å². The molecule has 2 N–H and O–H groups in total. The molecule has 0 saturated carbocycles. The van der Waals surface area contributed by atoms with E-state index in [-0.39, 0.29) is 25.0 Å². The number of amides is 1. The number of benzene rings is 1. The number of aromatic amines is 1. The number of nitrogens with zero attached hydrogens (tertiary/aromatic N) is 1. The number of carbonyl (C=O) groups excluding carboxylic acids is 2. The molecule has 1 aromatic carbocycles. The van der Waals surface area contributed by atoms with Crippen LogP contribution in [0.15, 0.2) is 46.1 Å². The number of aryl methyl sites for hydroxylation is 1. The van der Waals surface area contributed by atoms with Gasteiger partial charge in [-0.05, 0) is 38.1 Å². The highest BCUT2D eigenvalue weighted by molar-refractivity contribution is 5.93. The second-order valence-electron chi connectivity index (χ2n) is 5.63. The Morgan fingerprint density at radius 3 is 2.44 bits per heavy atom. The molecule has 0 aliphatic heterocycles. The van der Waals surface area contributed by atoms with Crippen LogP contribution in [0.25, 0.3) is 0 Å². The predicted octanol–water partition coefficient (Wildman–Crippen LogP) is 1.13. The van der Waals surface area contributed by atoms with Crippen LogP contribution in [0.5, 0.6) is 0 Å². The molecule has 8 nitrogen and oxygen atoms in total. The van der Waals surface area contributed by atoms with E-state index in [9.17, 15) is 19.2 Å². The van der Waals surface area contributed by atoms with E-state index >= 15 is 0 Å². The minimum Gasteiger partial charge on any atom is -0.459 e. The summed E-state index contributed by atoms with van der Waals surface area (Å²) in [5, 5.41) is 2.67. The summed E-state index contributed by atoms with van der Waals surface area (Å²) in [6.45, 7) is 3.67. The molecule has 0 aliphatic carbocycles. The van der Waals surface area contributed by atoms with E-state index in [2.05, 4.69) is 10.3 Å². The molecular formula is C17H19N3O5. The highest BCUT2D eigenvalue weighted by atomic mass is 16.5. The monoisotopic (exact) mass is 345 g/mol. The van der Waals surface area contributed by atoms with Gasteiger partial charge in [0.2, 0.25) is 5.91 Å². The summed E-state index contributed by atoms with van der Waals surface area (Å²) in [6.07, 6.45) is 1.19. The van der Waals surface area contributed by atoms with Crippen LogP contribution < -0.4 is 16.6 Å². The van der Waals surface area contributed by atoms with Gasteiger partial charge < -0.3 is 14.6 Å². The lowest BCUT2D eigenvalue weighted by atomic mass is 10.2. The van der Waals surface area contributed by atoms with E-state index in [1.165, 1.54) is 16.8 Å². The van der Waals surface area contributed by atoms with Crippen LogP contribution in [0.3, 0.4) is 0 Å². The third kappa shape index (κ3) is 5.45. The molecule has 0 aliphatic rings. The molecule has 0 spiro atoms. The number of hydrogen-bond donors (Lipinski definition) is 2. The Balaban J connectivity index is 1.91. The van der Waals surface area contributed by atoms with Crippen molar-refractivity contribution in [3.05, 3.63) is 62.9 Å². The lowest BCUT2D eigenvalue weighted by Crippen LogP contribution is -2.29. The van der Waals surface area contributed by atoms with Gasteiger partial charge >= 0.3 is 11.7 Å². The number of nitrogens with one attached hydrogen (secondary N) is 2. The molecule has 0 radical (unpaired) electrons. The maximum atomic E-state index is 11.9. The van der Waals surface area contributed by atoms with E-state index in [4.69, 9.17) is 4.74 Å². The second kappa shape index (κ2) is 8.09. The lowest BCUT2D eigenvalue weighted by Gasteiger charge is -2.09. The summed E-state index contributed by atoms with van der Waals surface area (Å²) in [5.74, 6) is -0.721. The van der Waals surface area contributed by atoms with Gasteiger partial charge in [0.25, 0.3) is 5.56 Å². The van der Waals surface area contributed by atoms with E-state index < -0.39 is 17.2 Å². The van der Waals surface area contributed by atoms with Crippen LogP contribution in [0.2, 0.25) is 0 Å². The van der Waals surface area contributed by atoms with E-state index in [1.54, 1.807) is 38.1 Å². The first-order chi connectivity index (χ1) is 11.8. The fraction of sp³-hybridized carbons (Fsp3) is 0.294. The van der Waals surface area contributed by atoms with Crippen molar-refractivity contribution in [2.45, 2.75) is 32.9 Å². The fourth-order valence-corrected chi connectivity index (χ4v) is 2.04. The number of anilines is 1. The zero-order valence-corrected chi connectivity index (χ0v) is 13.9. The summed E-state index contributed by atoms with van der Waals surface area (Å²) >= 11 is 0. The zero-order valence-electron chi connectivity index (χ0n) is 13.9. The van der Waals surface area contributed by atoms with Crippen molar-refractivity contribution in [1.82, 2.24) is 9.55 Å². The third-order valence-electron chi connectivity index (χ3n) is 3.22. The summed E-state index contributed by atoms with van der Waals surface area (Å²) in [6, 6.07) is 7.54. The minimum atomic E-state index is -0.562. The molecule has 2 aromatic rings. The molecule has 8 heteroatoms. The maximum absolute atomic E-state index is 11.9. The smallest absolute Gasteiger partial charge is 0.338 e. The highest BCUT2D eigenvalue weighted by Gasteiger charge is 2.09. The number of rotatable bonds is 6. The molecule has 25 heavy (non-hydrogen) atoms. The van der Waals surface area contributed by atoms with Crippen LogP contribution in [0.4, 0.5) is 5.69 Å². The maximum Gasteiger partial charge on any atom is 0.338 e. The molecule has 1 amide bonds. The Hall–Kier alpha value is -3.16. The number of aromatic nitrogens is 2. The number of H-pyrrole nitrogens is 1. The molecular weight excluding hydrogens is 326 g/mol. The molecule has 2 rings (SSSR count). The second-order valence-corrected chi connectivity index (χ2v) is 5.63. The van der Waals surface area contributed by atoms with Crippen molar-refractivity contribution in [3.63, 3.8) is 0 Å². The van der Waals surface area contributed by atoms with Gasteiger partial charge in [0.05, 0.1) is 11.7 Å². The quantitative estimate of drug-likeness (QED) is 0.763. The Morgan fingerprint density at radius 1 is 1.16 bits per heavy atom. The molecule has 1 heterocycles. The summed E-state index contributed by atoms with van der Waals surface area (Å²) in [7, 11) is 0. The molecule has 1 aromatic heterocycles. The molecule has 0 saturated heterocycles. The van der Waals surface area contributed by atoms with Crippen LogP contribution in [-0.4, -0.2) is 27.5 Å². The zero-order chi connectivity index (χ0) is 18.4. The van der Waals surface area contributed by atoms with Gasteiger partial charge in [0, 0.05) is 30.9 Å². The Labute approximate surface area is 143 Å². The topological polar surface area (TPSA) is 110 Å². The Bertz CT molecular complexity index is 865. The summed E-state index contributed by atoms with van der Waals surface area (Å²) < 4.78 is 6.32. The number of ether oxygens (including phenoxy) is 1. The molecule has 0 bridgehead atoms. The predicted molar refractivity (Wildman–Crippen MR) is 91.6 cm³/mol. The fourth-order valence-electron chi connectivity index (χ4n) is 2.04. The summed E-state index contributed by atoms with van der Waals surface area (Å²) in [4.78, 5) is 48.3. The van der Waals surface area contributed by atoms with Crippen molar-refractivity contribution in [2.75, 3.05) is 5.32 Å². The van der Waals surface area contributed by atoms with E-state index in [0.717, 1.165) is 0 Å². The SMILES string of the molecule is CC(C)OC(=O)c1ccc(NC(=O)CCn2ccc(=O)[nH]c2=O)cc1. The largest absolute Gasteiger partial charge is 0.459 e. The van der Waals surface area contributed by atoms with E-state index in [0.29, 0.717) is 11.3 Å². The lowest BCUT2D eigenvalue weighted by molar-refractivity contribution is -0.116. The molecule has 0 fully saturated rings. The highest BCUT2D eigenvalue weighted by Crippen LogP contribution is 2.11. The van der Waals surface area contributed by atoms with Crippen molar-refractivity contribution in [2.24, 2.45) is 0 Å². The number of hydrogen-bond acceptors (Lipinski definition) is 5. The van der Waals surface area contributed by atoms with Crippen molar-refractivity contribution >= 4 is 17.6 Å². The molecule has 0 unspecified atom stereocenters. The van der Waals surface area contributed by atoms with Gasteiger partial charge in [-0.25, -0.2) is 9.59 Å². The minimum absolute atomic E-state index is 0.0586. The average Bonchev–Trinajstić information content (AvgIpc) is 2.54. The van der Waals surface area contributed by atoms with Crippen molar-refractivity contribution in [3.8, 4) is 0 Å². The van der Waals surface area contributed by atoms with Crippen molar-refractivity contribution < 1.29 is 14.3 Å². The number of carbonyl (C=O) groups is 2. The molecule has 0 atom stereocenters. The standard InChI is InChI=1S/C17H19N3O5/c1-11(2)25-16(23)12-3-5-13(6-4-12)18-14(21)7-9-20-10-8-15(22)19-17(20)24/h3-6,8,10-11H,7,9H2,1-2H3,(H,18,21)(H,19,22,24). The van der Waals surface area contributed by atoms with Gasteiger partial charge in [0.15, 0.2) is 0 Å². The van der Waals surface area contributed by atoms with Crippen LogP contribution in [0, 0.1) is 0 Å². The van der Waals surface area contributed by atoms with Gasteiger partial charge in [-0.3, -0.25) is 14.6 Å².